The van der Waals surface area contributed by atoms with Crippen molar-refractivity contribution in [2.24, 2.45) is 7.05 Å². The summed E-state index contributed by atoms with van der Waals surface area (Å²) in [5.41, 5.74) is -0.447. The molecule has 0 radical (unpaired) electrons. The maximum atomic E-state index is 12.5. The monoisotopic (exact) mass is 344 g/mol. The molecular weight excluding hydrogens is 329 g/mol. The Labute approximate surface area is 135 Å². The third kappa shape index (κ3) is 4.25. The molecule has 0 bridgehead atoms. The Morgan fingerprint density at radius 3 is 2.35 bits per heavy atom. The van der Waals surface area contributed by atoms with Gasteiger partial charge in [0.2, 0.25) is 5.91 Å². The van der Waals surface area contributed by atoms with Crippen molar-refractivity contribution in [3.63, 3.8) is 0 Å². The van der Waals surface area contributed by atoms with Crippen molar-refractivity contribution in [2.45, 2.75) is 30.4 Å². The van der Waals surface area contributed by atoms with Gasteiger partial charge in [0.05, 0.1) is 10.8 Å². The first-order valence-corrected chi connectivity index (χ1v) is 7.57. The van der Waals surface area contributed by atoms with Crippen molar-refractivity contribution >= 4 is 23.4 Å². The Hall–Kier alpha value is -2.03. The van der Waals surface area contributed by atoms with Crippen molar-refractivity contribution in [1.82, 2.24) is 14.8 Å². The number of benzene rings is 1. The second kappa shape index (κ2) is 6.61. The molecule has 1 aromatic carbocycles. The zero-order chi connectivity index (χ0) is 17.2. The van der Waals surface area contributed by atoms with E-state index in [4.69, 9.17) is 0 Å². The highest BCUT2D eigenvalue weighted by Crippen LogP contribution is 2.30. The number of aromatic nitrogens is 3. The number of alkyl halides is 3. The number of carbonyl (C=O) groups excluding carboxylic acids is 1. The lowest BCUT2D eigenvalue weighted by Crippen LogP contribution is -2.23. The fourth-order valence-corrected chi connectivity index (χ4v) is 2.55. The van der Waals surface area contributed by atoms with E-state index in [0.29, 0.717) is 10.8 Å². The van der Waals surface area contributed by atoms with Crippen LogP contribution in [0.2, 0.25) is 0 Å². The number of rotatable bonds is 4. The third-order valence-corrected chi connectivity index (χ3v) is 4.32. The molecule has 0 spiro atoms. The number of anilines is 1. The van der Waals surface area contributed by atoms with E-state index in [2.05, 4.69) is 15.5 Å². The van der Waals surface area contributed by atoms with Gasteiger partial charge in [-0.3, -0.25) is 4.79 Å². The Kier molecular flexibility index (Phi) is 4.98. The predicted octanol–water partition coefficient (Wildman–Crippen LogP) is 3.26. The lowest BCUT2D eigenvalue weighted by atomic mass is 10.2. The fraction of sp³-hybridized carbons (Fsp3) is 0.357. The molecular formula is C14H15F3N4OS. The van der Waals surface area contributed by atoms with Crippen LogP contribution in [0, 0.1) is 6.92 Å². The number of hydrogen-bond acceptors (Lipinski definition) is 4. The molecule has 2 rings (SSSR count). The van der Waals surface area contributed by atoms with E-state index in [1.807, 2.05) is 0 Å². The topological polar surface area (TPSA) is 59.8 Å². The first kappa shape index (κ1) is 17.3. The van der Waals surface area contributed by atoms with Crippen LogP contribution in [0.5, 0.6) is 0 Å². The summed E-state index contributed by atoms with van der Waals surface area (Å²) in [6.07, 6.45) is -4.39. The number of amides is 1. The first-order valence-electron chi connectivity index (χ1n) is 6.69. The van der Waals surface area contributed by atoms with Gasteiger partial charge in [-0.05, 0) is 38.1 Å². The average Bonchev–Trinajstić information content (AvgIpc) is 2.79. The van der Waals surface area contributed by atoms with Crippen LogP contribution in [0.15, 0.2) is 29.4 Å². The van der Waals surface area contributed by atoms with Gasteiger partial charge in [0.1, 0.15) is 5.82 Å². The number of nitrogens with one attached hydrogen (secondary N) is 1. The molecule has 9 heteroatoms. The first-order chi connectivity index (χ1) is 10.7. The second-order valence-corrected chi connectivity index (χ2v) is 6.22. The summed E-state index contributed by atoms with van der Waals surface area (Å²) in [6, 6.07) is 4.31. The van der Waals surface area contributed by atoms with E-state index < -0.39 is 17.0 Å². The maximum absolute atomic E-state index is 12.5. The molecule has 0 aliphatic heterocycles. The SMILES string of the molecule is Cc1nnc(S[C@H](C)C(=O)Nc2ccc(C(F)(F)F)cc2)n1C. The van der Waals surface area contributed by atoms with E-state index >= 15 is 0 Å². The van der Waals surface area contributed by atoms with Gasteiger partial charge in [-0.25, -0.2) is 0 Å². The highest BCUT2D eigenvalue weighted by Gasteiger charge is 2.30. The smallest absolute Gasteiger partial charge is 0.325 e. The summed E-state index contributed by atoms with van der Waals surface area (Å²) < 4.78 is 39.2. The fourth-order valence-electron chi connectivity index (χ4n) is 1.69. The number of carbonyl (C=O) groups is 1. The highest BCUT2D eigenvalue weighted by molar-refractivity contribution is 8.00. The number of halogens is 3. The molecule has 0 unspecified atom stereocenters. The van der Waals surface area contributed by atoms with Crippen LogP contribution in [-0.4, -0.2) is 25.9 Å². The summed E-state index contributed by atoms with van der Waals surface area (Å²) in [7, 11) is 1.79. The molecule has 1 aromatic heterocycles. The molecule has 0 fully saturated rings. The second-order valence-electron chi connectivity index (χ2n) is 4.91. The summed E-state index contributed by atoms with van der Waals surface area (Å²) >= 11 is 1.22. The number of nitrogens with zero attached hydrogens (tertiary/aromatic N) is 3. The van der Waals surface area contributed by atoms with E-state index in [9.17, 15) is 18.0 Å². The van der Waals surface area contributed by atoms with Crippen LogP contribution in [-0.2, 0) is 18.0 Å². The van der Waals surface area contributed by atoms with Crippen molar-refractivity contribution in [3.05, 3.63) is 35.7 Å². The van der Waals surface area contributed by atoms with Crippen LogP contribution < -0.4 is 5.32 Å². The summed E-state index contributed by atoms with van der Waals surface area (Å²) in [6.45, 7) is 3.48. The van der Waals surface area contributed by atoms with Gasteiger partial charge >= 0.3 is 6.18 Å². The van der Waals surface area contributed by atoms with E-state index in [1.54, 1.807) is 25.5 Å². The van der Waals surface area contributed by atoms with Crippen LogP contribution in [0.4, 0.5) is 18.9 Å². The summed E-state index contributed by atoms with van der Waals surface area (Å²) in [4.78, 5) is 12.1. The van der Waals surface area contributed by atoms with E-state index in [0.717, 1.165) is 18.0 Å². The zero-order valence-corrected chi connectivity index (χ0v) is 13.5. The minimum atomic E-state index is -4.39. The molecule has 5 nitrogen and oxygen atoms in total. The Morgan fingerprint density at radius 1 is 1.26 bits per heavy atom. The number of aryl methyl sites for hydroxylation is 1. The van der Waals surface area contributed by atoms with Crippen molar-refractivity contribution in [3.8, 4) is 0 Å². The van der Waals surface area contributed by atoms with Crippen LogP contribution in [0.3, 0.4) is 0 Å². The minimum absolute atomic E-state index is 0.310. The lowest BCUT2D eigenvalue weighted by molar-refractivity contribution is -0.137. The van der Waals surface area contributed by atoms with Gasteiger partial charge in [0.25, 0.3) is 0 Å². The lowest BCUT2D eigenvalue weighted by Gasteiger charge is -2.12. The molecule has 1 amide bonds. The standard InChI is InChI=1S/C14H15F3N4OS/c1-8(23-13-20-19-9(2)21(13)3)12(22)18-11-6-4-10(5-7-11)14(15,16)17/h4-8H,1-3H3,(H,18,22)/t8-/m1/s1. The van der Waals surface area contributed by atoms with Gasteiger partial charge in [0.15, 0.2) is 5.16 Å². The highest BCUT2D eigenvalue weighted by atomic mass is 32.2. The van der Waals surface area contributed by atoms with Gasteiger partial charge in [-0.2, -0.15) is 13.2 Å². The molecule has 23 heavy (non-hydrogen) atoms. The van der Waals surface area contributed by atoms with E-state index in [-0.39, 0.29) is 5.91 Å². The molecule has 0 aliphatic carbocycles. The predicted molar refractivity (Wildman–Crippen MR) is 81.1 cm³/mol. The molecule has 1 N–H and O–H groups in total. The van der Waals surface area contributed by atoms with Gasteiger partial charge < -0.3 is 9.88 Å². The van der Waals surface area contributed by atoms with Gasteiger partial charge in [-0.15, -0.1) is 10.2 Å². The van der Waals surface area contributed by atoms with Crippen LogP contribution in [0.25, 0.3) is 0 Å². The summed E-state index contributed by atoms with van der Waals surface area (Å²) in [5, 5.41) is 10.6. The van der Waals surface area contributed by atoms with Crippen molar-refractivity contribution < 1.29 is 18.0 Å². The average molecular weight is 344 g/mol. The third-order valence-electron chi connectivity index (χ3n) is 3.18. The molecule has 1 heterocycles. The molecule has 0 saturated heterocycles. The zero-order valence-electron chi connectivity index (χ0n) is 12.7. The van der Waals surface area contributed by atoms with E-state index in [1.165, 1.54) is 23.9 Å². The maximum Gasteiger partial charge on any atom is 0.416 e. The molecule has 0 saturated carbocycles. The molecule has 124 valence electrons. The number of thioether (sulfide) groups is 1. The largest absolute Gasteiger partial charge is 0.416 e. The van der Waals surface area contributed by atoms with Crippen molar-refractivity contribution in [1.29, 1.82) is 0 Å². The molecule has 0 aliphatic rings. The summed E-state index contributed by atoms with van der Waals surface area (Å²) in [5.74, 6) is 0.401. The van der Waals surface area contributed by atoms with Crippen molar-refractivity contribution in [2.75, 3.05) is 5.32 Å². The normalized spacial score (nSPS) is 13.0. The van der Waals surface area contributed by atoms with Crippen LogP contribution in [0.1, 0.15) is 18.3 Å². The molecule has 1 atom stereocenters. The quantitative estimate of drug-likeness (QED) is 0.865. The minimum Gasteiger partial charge on any atom is -0.325 e. The Bertz CT molecular complexity index is 697. The Morgan fingerprint density at radius 2 is 1.87 bits per heavy atom. The molecule has 2 aromatic rings. The Balaban J connectivity index is 1.99. The number of hydrogen-bond donors (Lipinski definition) is 1. The van der Waals surface area contributed by atoms with Gasteiger partial charge in [-0.1, -0.05) is 11.8 Å². The van der Waals surface area contributed by atoms with Gasteiger partial charge in [0, 0.05) is 12.7 Å². The van der Waals surface area contributed by atoms with Crippen LogP contribution >= 0.6 is 11.8 Å².